The number of rotatable bonds is 6. The summed E-state index contributed by atoms with van der Waals surface area (Å²) >= 11 is 0. The van der Waals surface area contributed by atoms with E-state index in [2.05, 4.69) is 11.4 Å². The summed E-state index contributed by atoms with van der Waals surface area (Å²) in [6.07, 6.45) is 7.00. The minimum absolute atomic E-state index is 0.0446. The summed E-state index contributed by atoms with van der Waals surface area (Å²) in [6, 6.07) is 2.16. The Morgan fingerprint density at radius 2 is 1.93 bits per heavy atom. The predicted octanol–water partition coefficient (Wildman–Crippen LogP) is 1.82. The molecule has 15 heavy (non-hydrogen) atoms. The van der Waals surface area contributed by atoms with E-state index in [1.807, 2.05) is 0 Å². The average molecular weight is 210 g/mol. The second-order valence-corrected chi connectivity index (χ2v) is 4.49. The van der Waals surface area contributed by atoms with Crippen LogP contribution in [0.2, 0.25) is 0 Å². The Morgan fingerprint density at radius 3 is 2.60 bits per heavy atom. The summed E-state index contributed by atoms with van der Waals surface area (Å²) in [7, 11) is 0. The maximum Gasteiger partial charge on any atom is 0.0621 e. The van der Waals surface area contributed by atoms with Gasteiger partial charge < -0.3 is 10.4 Å². The number of hydrogen-bond donors (Lipinski definition) is 2. The molecule has 0 aliphatic heterocycles. The first kappa shape index (κ1) is 12.5. The molecule has 0 radical (unpaired) electrons. The third kappa shape index (κ3) is 5.76. The van der Waals surface area contributed by atoms with Crippen molar-refractivity contribution in [3.05, 3.63) is 0 Å². The predicted molar refractivity (Wildman–Crippen MR) is 60.3 cm³/mol. The second-order valence-electron chi connectivity index (χ2n) is 4.49. The van der Waals surface area contributed by atoms with Crippen molar-refractivity contribution < 1.29 is 5.11 Å². The van der Waals surface area contributed by atoms with Crippen molar-refractivity contribution in [2.75, 3.05) is 13.1 Å². The van der Waals surface area contributed by atoms with E-state index in [0.29, 0.717) is 6.42 Å². The van der Waals surface area contributed by atoms with Crippen molar-refractivity contribution in [1.29, 1.82) is 5.26 Å². The van der Waals surface area contributed by atoms with Crippen molar-refractivity contribution in [3.8, 4) is 6.07 Å². The Labute approximate surface area is 92.5 Å². The van der Waals surface area contributed by atoms with Crippen LogP contribution in [0.4, 0.5) is 0 Å². The molecule has 0 aromatic rings. The van der Waals surface area contributed by atoms with E-state index in [1.165, 1.54) is 0 Å². The molecule has 0 aromatic carbocycles. The van der Waals surface area contributed by atoms with E-state index in [9.17, 15) is 5.11 Å². The van der Waals surface area contributed by atoms with E-state index >= 15 is 0 Å². The molecule has 0 aromatic heterocycles. The fourth-order valence-electron chi connectivity index (χ4n) is 2.11. The number of hydrogen-bond acceptors (Lipinski definition) is 3. The summed E-state index contributed by atoms with van der Waals surface area (Å²) in [6.45, 7) is 2.11. The third-order valence-corrected chi connectivity index (χ3v) is 3.14. The first-order valence-electron chi connectivity index (χ1n) is 6.08. The third-order valence-electron chi connectivity index (χ3n) is 3.14. The van der Waals surface area contributed by atoms with E-state index in [4.69, 9.17) is 5.26 Å². The molecule has 0 spiro atoms. The van der Waals surface area contributed by atoms with Crippen molar-refractivity contribution in [2.45, 2.75) is 51.0 Å². The summed E-state index contributed by atoms with van der Waals surface area (Å²) < 4.78 is 0. The van der Waals surface area contributed by atoms with Crippen LogP contribution in [0.1, 0.15) is 44.9 Å². The molecule has 1 rings (SSSR count). The Bertz CT molecular complexity index is 192. The maximum absolute atomic E-state index is 9.34. The summed E-state index contributed by atoms with van der Waals surface area (Å²) in [5.41, 5.74) is 0. The monoisotopic (exact) mass is 210 g/mol. The van der Waals surface area contributed by atoms with Gasteiger partial charge in [0.1, 0.15) is 0 Å². The molecule has 3 heteroatoms. The molecule has 1 fully saturated rings. The lowest BCUT2D eigenvalue weighted by molar-refractivity contribution is 0.108. The molecule has 0 unspecified atom stereocenters. The molecule has 0 heterocycles. The number of aliphatic hydroxyl groups is 1. The molecule has 1 aliphatic carbocycles. The van der Waals surface area contributed by atoms with Crippen LogP contribution < -0.4 is 5.32 Å². The van der Waals surface area contributed by atoms with Gasteiger partial charge in [0.15, 0.2) is 0 Å². The number of unbranched alkanes of at least 4 members (excludes halogenated alkanes) is 2. The van der Waals surface area contributed by atoms with Crippen LogP contribution >= 0.6 is 0 Å². The highest BCUT2D eigenvalue weighted by atomic mass is 16.3. The minimum Gasteiger partial charge on any atom is -0.393 e. The molecule has 0 saturated heterocycles. The van der Waals surface area contributed by atoms with Gasteiger partial charge in [0, 0.05) is 6.42 Å². The van der Waals surface area contributed by atoms with Gasteiger partial charge in [-0.2, -0.15) is 5.26 Å². The van der Waals surface area contributed by atoms with Crippen molar-refractivity contribution in [2.24, 2.45) is 5.92 Å². The SMILES string of the molecule is N#CCCCCNCC1CCC(O)CC1. The topological polar surface area (TPSA) is 56.0 Å². The normalized spacial score (nSPS) is 26.1. The molecule has 0 amide bonds. The van der Waals surface area contributed by atoms with Gasteiger partial charge in [-0.05, 0) is 57.5 Å². The number of nitrogens with one attached hydrogen (secondary N) is 1. The van der Waals surface area contributed by atoms with Crippen LogP contribution in [0.25, 0.3) is 0 Å². The number of nitrogens with zero attached hydrogens (tertiary/aromatic N) is 1. The fraction of sp³-hybridized carbons (Fsp3) is 0.917. The molecule has 0 atom stereocenters. The van der Waals surface area contributed by atoms with Gasteiger partial charge >= 0.3 is 0 Å². The highest BCUT2D eigenvalue weighted by Crippen LogP contribution is 2.23. The molecule has 1 aliphatic rings. The lowest BCUT2D eigenvalue weighted by Gasteiger charge is -2.25. The Kier molecular flexibility index (Phi) is 6.38. The Balaban J connectivity index is 1.90. The van der Waals surface area contributed by atoms with Gasteiger partial charge in [-0.3, -0.25) is 0 Å². The zero-order valence-corrected chi connectivity index (χ0v) is 9.41. The van der Waals surface area contributed by atoms with Gasteiger partial charge in [0.25, 0.3) is 0 Å². The fourth-order valence-corrected chi connectivity index (χ4v) is 2.11. The first-order valence-corrected chi connectivity index (χ1v) is 6.08. The van der Waals surface area contributed by atoms with Crippen LogP contribution in [0.3, 0.4) is 0 Å². The Hall–Kier alpha value is -0.590. The summed E-state index contributed by atoms with van der Waals surface area (Å²) in [4.78, 5) is 0. The maximum atomic E-state index is 9.34. The van der Waals surface area contributed by atoms with Crippen LogP contribution in [-0.2, 0) is 0 Å². The highest BCUT2D eigenvalue weighted by molar-refractivity contribution is 4.73. The van der Waals surface area contributed by atoms with Gasteiger partial charge in [0.05, 0.1) is 12.2 Å². The molecule has 1 saturated carbocycles. The zero-order valence-electron chi connectivity index (χ0n) is 9.41. The van der Waals surface area contributed by atoms with E-state index in [1.54, 1.807) is 0 Å². The van der Waals surface area contributed by atoms with Crippen molar-refractivity contribution >= 4 is 0 Å². The van der Waals surface area contributed by atoms with Gasteiger partial charge in [0.2, 0.25) is 0 Å². The van der Waals surface area contributed by atoms with Gasteiger partial charge in [-0.1, -0.05) is 0 Å². The largest absolute Gasteiger partial charge is 0.393 e. The van der Waals surface area contributed by atoms with Gasteiger partial charge in [-0.25, -0.2) is 0 Å². The van der Waals surface area contributed by atoms with E-state index in [-0.39, 0.29) is 6.10 Å². The van der Waals surface area contributed by atoms with Crippen LogP contribution in [0.15, 0.2) is 0 Å². The quantitative estimate of drug-likeness (QED) is 0.657. The van der Waals surface area contributed by atoms with E-state index in [0.717, 1.165) is 57.5 Å². The smallest absolute Gasteiger partial charge is 0.0621 e. The molecule has 3 nitrogen and oxygen atoms in total. The first-order chi connectivity index (χ1) is 7.33. The van der Waals surface area contributed by atoms with Crippen molar-refractivity contribution in [1.82, 2.24) is 5.32 Å². The zero-order chi connectivity index (χ0) is 10.9. The minimum atomic E-state index is -0.0446. The van der Waals surface area contributed by atoms with Crippen molar-refractivity contribution in [3.63, 3.8) is 0 Å². The highest BCUT2D eigenvalue weighted by Gasteiger charge is 2.18. The Morgan fingerprint density at radius 1 is 1.20 bits per heavy atom. The van der Waals surface area contributed by atoms with Crippen LogP contribution in [-0.4, -0.2) is 24.3 Å². The number of aliphatic hydroxyl groups excluding tert-OH is 1. The molecular formula is C12H22N2O. The molecule has 2 N–H and O–H groups in total. The summed E-state index contributed by atoms with van der Waals surface area (Å²) in [5, 5.41) is 21.1. The second kappa shape index (κ2) is 7.67. The molecule has 0 bridgehead atoms. The van der Waals surface area contributed by atoms with Crippen LogP contribution in [0.5, 0.6) is 0 Å². The molecular weight excluding hydrogens is 188 g/mol. The lowest BCUT2D eigenvalue weighted by Crippen LogP contribution is -2.28. The van der Waals surface area contributed by atoms with Gasteiger partial charge in [-0.15, -0.1) is 0 Å². The van der Waals surface area contributed by atoms with Crippen LogP contribution in [0, 0.1) is 17.2 Å². The number of nitriles is 1. The average Bonchev–Trinajstić information content (AvgIpc) is 2.26. The summed E-state index contributed by atoms with van der Waals surface area (Å²) in [5.74, 6) is 0.754. The lowest BCUT2D eigenvalue weighted by atomic mass is 9.87. The van der Waals surface area contributed by atoms with E-state index < -0.39 is 0 Å². The standard InChI is InChI=1S/C12H22N2O/c13-8-2-1-3-9-14-10-11-4-6-12(15)7-5-11/h11-12,14-15H,1-7,9-10H2. The molecule has 86 valence electrons.